The van der Waals surface area contributed by atoms with Gasteiger partial charge in [-0.25, -0.2) is 9.59 Å². The lowest BCUT2D eigenvalue weighted by Gasteiger charge is -2.16. The van der Waals surface area contributed by atoms with Gasteiger partial charge in [0.05, 0.1) is 6.61 Å². The molecule has 0 fully saturated rings. The number of ether oxygens (including phenoxy) is 1. The molecule has 0 heterocycles. The highest BCUT2D eigenvalue weighted by Gasteiger charge is 2.21. The maximum Gasteiger partial charge on any atom is 0.326 e. The molecule has 0 rings (SSSR count). The third kappa shape index (κ3) is 7.48. The maximum atomic E-state index is 11.4. The first kappa shape index (κ1) is 16.2. The van der Waals surface area contributed by atoms with Crippen molar-refractivity contribution in [3.8, 4) is 0 Å². The molecule has 7 nitrogen and oxygen atoms in total. The van der Waals surface area contributed by atoms with Gasteiger partial charge in [-0.05, 0) is 19.3 Å². The molecule has 0 saturated heterocycles. The molecule has 0 aliphatic heterocycles. The largest absolute Gasteiger partial charge is 0.480 e. The van der Waals surface area contributed by atoms with Crippen molar-refractivity contribution < 1.29 is 24.2 Å². The Morgan fingerprint density at radius 1 is 1.28 bits per heavy atom. The Balaban J connectivity index is 4.10. The second kappa shape index (κ2) is 8.32. The van der Waals surface area contributed by atoms with Gasteiger partial charge in [-0.15, -0.1) is 0 Å². The first-order valence-electron chi connectivity index (χ1n) is 5.79. The van der Waals surface area contributed by atoms with E-state index in [2.05, 4.69) is 15.4 Å². The minimum absolute atomic E-state index is 0.136. The van der Waals surface area contributed by atoms with Gasteiger partial charge in [-0.3, -0.25) is 4.79 Å². The number of urea groups is 1. The molecule has 0 aliphatic carbocycles. The lowest BCUT2D eigenvalue weighted by Crippen LogP contribution is -2.47. The SMILES string of the molecule is CCOC(=O)CNC(=O)N[C@@H](CC(C)C)C(=O)O. The molecule has 18 heavy (non-hydrogen) atoms. The van der Waals surface area contributed by atoms with Gasteiger partial charge >= 0.3 is 18.0 Å². The van der Waals surface area contributed by atoms with Crippen LogP contribution in [-0.4, -0.2) is 42.3 Å². The summed E-state index contributed by atoms with van der Waals surface area (Å²) in [4.78, 5) is 33.2. The highest BCUT2D eigenvalue weighted by molar-refractivity contribution is 5.85. The summed E-state index contributed by atoms with van der Waals surface area (Å²) < 4.78 is 4.61. The molecule has 0 radical (unpaired) electrons. The second-order valence-electron chi connectivity index (χ2n) is 4.15. The third-order valence-corrected chi connectivity index (χ3v) is 2.01. The van der Waals surface area contributed by atoms with Gasteiger partial charge in [0.2, 0.25) is 0 Å². The Morgan fingerprint density at radius 3 is 2.33 bits per heavy atom. The van der Waals surface area contributed by atoms with Crippen molar-refractivity contribution in [2.24, 2.45) is 5.92 Å². The molecule has 0 aromatic carbocycles. The Morgan fingerprint density at radius 2 is 1.89 bits per heavy atom. The number of esters is 1. The molecule has 7 heteroatoms. The Kier molecular flexibility index (Phi) is 7.50. The smallest absolute Gasteiger partial charge is 0.326 e. The van der Waals surface area contributed by atoms with E-state index >= 15 is 0 Å². The zero-order chi connectivity index (χ0) is 14.1. The van der Waals surface area contributed by atoms with Crippen molar-refractivity contribution in [3.05, 3.63) is 0 Å². The number of hydrogen-bond acceptors (Lipinski definition) is 4. The van der Waals surface area contributed by atoms with Crippen molar-refractivity contribution in [2.75, 3.05) is 13.2 Å². The summed E-state index contributed by atoms with van der Waals surface area (Å²) in [7, 11) is 0. The van der Waals surface area contributed by atoms with Crippen LogP contribution >= 0.6 is 0 Å². The van der Waals surface area contributed by atoms with Crippen LogP contribution in [0.1, 0.15) is 27.2 Å². The minimum atomic E-state index is -1.10. The molecule has 0 aromatic heterocycles. The summed E-state index contributed by atoms with van der Waals surface area (Å²) in [5.41, 5.74) is 0. The maximum absolute atomic E-state index is 11.4. The van der Waals surface area contributed by atoms with Gasteiger partial charge in [-0.1, -0.05) is 13.8 Å². The van der Waals surface area contributed by atoms with E-state index in [1.807, 2.05) is 13.8 Å². The molecule has 2 amide bonds. The third-order valence-electron chi connectivity index (χ3n) is 2.01. The number of carboxylic acid groups (broad SMARTS) is 1. The summed E-state index contributed by atoms with van der Waals surface area (Å²) in [6.45, 7) is 5.31. The monoisotopic (exact) mass is 260 g/mol. The zero-order valence-corrected chi connectivity index (χ0v) is 10.9. The fourth-order valence-corrected chi connectivity index (χ4v) is 1.27. The molecule has 0 aliphatic rings. The van der Waals surface area contributed by atoms with Crippen LogP contribution in [0.15, 0.2) is 0 Å². The fourth-order valence-electron chi connectivity index (χ4n) is 1.27. The van der Waals surface area contributed by atoms with Gasteiger partial charge in [0.25, 0.3) is 0 Å². The summed E-state index contributed by atoms with van der Waals surface area (Å²) >= 11 is 0. The van der Waals surface area contributed by atoms with Gasteiger partial charge < -0.3 is 20.5 Å². The number of carboxylic acids is 1. The molecule has 1 atom stereocenters. The first-order chi connectivity index (χ1) is 8.36. The average molecular weight is 260 g/mol. The number of hydrogen-bond donors (Lipinski definition) is 3. The van der Waals surface area contributed by atoms with Crippen LogP contribution in [0, 0.1) is 5.92 Å². The fraction of sp³-hybridized carbons (Fsp3) is 0.727. The van der Waals surface area contributed by atoms with Crippen LogP contribution in [0.4, 0.5) is 4.79 Å². The van der Waals surface area contributed by atoms with E-state index in [-0.39, 0.29) is 19.1 Å². The number of carbonyl (C=O) groups is 3. The van der Waals surface area contributed by atoms with E-state index in [0.29, 0.717) is 6.42 Å². The van der Waals surface area contributed by atoms with Crippen LogP contribution in [0.25, 0.3) is 0 Å². The van der Waals surface area contributed by atoms with Crippen molar-refractivity contribution >= 4 is 18.0 Å². The summed E-state index contributed by atoms with van der Waals surface area (Å²) in [6.07, 6.45) is 0.322. The van der Waals surface area contributed by atoms with Gasteiger partial charge in [0, 0.05) is 0 Å². The number of nitrogens with one attached hydrogen (secondary N) is 2. The minimum Gasteiger partial charge on any atom is -0.480 e. The van der Waals surface area contributed by atoms with Crippen molar-refractivity contribution in [1.29, 1.82) is 0 Å². The predicted octanol–water partition coefficient (Wildman–Crippen LogP) is 0.348. The van der Waals surface area contributed by atoms with E-state index in [1.54, 1.807) is 6.92 Å². The van der Waals surface area contributed by atoms with Crippen molar-refractivity contribution in [1.82, 2.24) is 10.6 Å². The van der Waals surface area contributed by atoms with Gasteiger partial charge in [0.15, 0.2) is 0 Å². The van der Waals surface area contributed by atoms with Gasteiger partial charge in [0.1, 0.15) is 12.6 Å². The molecular formula is C11H20N2O5. The van der Waals surface area contributed by atoms with E-state index < -0.39 is 24.0 Å². The molecular weight excluding hydrogens is 240 g/mol. The predicted molar refractivity (Wildman–Crippen MR) is 64.0 cm³/mol. The molecule has 0 bridgehead atoms. The second-order valence-corrected chi connectivity index (χ2v) is 4.15. The molecule has 0 aromatic rings. The quantitative estimate of drug-likeness (QED) is 0.573. The first-order valence-corrected chi connectivity index (χ1v) is 5.79. The Labute approximate surface area is 106 Å². The molecule has 0 spiro atoms. The van der Waals surface area contributed by atoms with Crippen LogP contribution in [0.3, 0.4) is 0 Å². The number of rotatable bonds is 7. The number of aliphatic carboxylic acids is 1. The number of amides is 2. The van der Waals surface area contributed by atoms with Crippen LogP contribution in [0.5, 0.6) is 0 Å². The molecule has 3 N–H and O–H groups in total. The summed E-state index contributed by atoms with van der Waals surface area (Å²) in [5.74, 6) is -1.53. The lowest BCUT2D eigenvalue weighted by molar-refractivity contribution is -0.141. The highest BCUT2D eigenvalue weighted by Crippen LogP contribution is 2.04. The number of carbonyl (C=O) groups excluding carboxylic acids is 2. The normalized spacial score (nSPS) is 11.8. The van der Waals surface area contributed by atoms with E-state index in [1.165, 1.54) is 0 Å². The van der Waals surface area contributed by atoms with E-state index in [9.17, 15) is 14.4 Å². The molecule has 0 saturated carbocycles. The Hall–Kier alpha value is -1.79. The molecule has 0 unspecified atom stereocenters. The zero-order valence-electron chi connectivity index (χ0n) is 10.9. The van der Waals surface area contributed by atoms with Gasteiger partial charge in [-0.2, -0.15) is 0 Å². The van der Waals surface area contributed by atoms with Crippen LogP contribution in [-0.2, 0) is 14.3 Å². The lowest BCUT2D eigenvalue weighted by atomic mass is 10.0. The Bertz CT molecular complexity index is 304. The van der Waals surface area contributed by atoms with E-state index in [0.717, 1.165) is 0 Å². The van der Waals surface area contributed by atoms with Crippen LogP contribution in [0.2, 0.25) is 0 Å². The summed E-state index contributed by atoms with van der Waals surface area (Å²) in [6, 6.07) is -1.66. The highest BCUT2D eigenvalue weighted by atomic mass is 16.5. The van der Waals surface area contributed by atoms with Crippen LogP contribution < -0.4 is 10.6 Å². The summed E-state index contributed by atoms with van der Waals surface area (Å²) in [5, 5.41) is 13.4. The standard InChI is InChI=1S/C11H20N2O5/c1-4-18-9(14)6-12-11(17)13-8(10(15)16)5-7(2)3/h7-8H,4-6H2,1-3H3,(H,15,16)(H2,12,13,17)/t8-/m0/s1. The van der Waals surface area contributed by atoms with E-state index in [4.69, 9.17) is 5.11 Å². The molecule has 104 valence electrons. The van der Waals surface area contributed by atoms with Crippen molar-refractivity contribution in [2.45, 2.75) is 33.2 Å². The average Bonchev–Trinajstić information content (AvgIpc) is 2.25. The van der Waals surface area contributed by atoms with Crippen molar-refractivity contribution in [3.63, 3.8) is 0 Å². The topological polar surface area (TPSA) is 105 Å².